The minimum Gasteiger partial charge on any atom is -0.444 e. The largest absolute Gasteiger partial charge is 0.444 e. The maximum Gasteiger partial charge on any atom is 0.410 e. The van der Waals surface area contributed by atoms with E-state index in [1.165, 1.54) is 10.6 Å². The number of carbonyl (C=O) groups excluding carboxylic acids is 2. The van der Waals surface area contributed by atoms with Crippen molar-refractivity contribution in [1.29, 1.82) is 0 Å². The standard InChI is InChI=1S/C25H29N3O4/c1-6-28(24(31)32-25(2,3)4)16-17-11-7-9-13-20(17)26-23(30)19-15-22(29)27(5)21-14-10-8-12-18(19)21/h7-15H,6,16H2,1-5H3,(H,26,30). The Kier molecular flexibility index (Phi) is 6.67. The smallest absolute Gasteiger partial charge is 0.410 e. The summed E-state index contributed by atoms with van der Waals surface area (Å²) < 4.78 is 7.00. The predicted octanol–water partition coefficient (Wildman–Crippen LogP) is 4.55. The Morgan fingerprint density at radius 1 is 1.06 bits per heavy atom. The number of fused-ring (bicyclic) bond motifs is 1. The number of benzene rings is 2. The highest BCUT2D eigenvalue weighted by Crippen LogP contribution is 2.22. The number of rotatable bonds is 5. The summed E-state index contributed by atoms with van der Waals surface area (Å²) >= 11 is 0. The van der Waals surface area contributed by atoms with Crippen LogP contribution in [0, 0.1) is 0 Å². The maximum absolute atomic E-state index is 13.2. The van der Waals surface area contributed by atoms with Crippen molar-refractivity contribution < 1.29 is 14.3 Å². The maximum atomic E-state index is 13.2. The minimum atomic E-state index is -0.598. The van der Waals surface area contributed by atoms with Crippen molar-refractivity contribution in [3.8, 4) is 0 Å². The molecule has 0 fully saturated rings. The molecule has 1 aromatic heterocycles. The lowest BCUT2D eigenvalue weighted by Crippen LogP contribution is -2.36. The van der Waals surface area contributed by atoms with Crippen molar-refractivity contribution in [3.63, 3.8) is 0 Å². The molecule has 0 radical (unpaired) electrons. The molecule has 0 aliphatic rings. The fourth-order valence-electron chi connectivity index (χ4n) is 3.41. The van der Waals surface area contributed by atoms with E-state index in [0.717, 1.165) is 5.56 Å². The molecule has 0 saturated heterocycles. The monoisotopic (exact) mass is 435 g/mol. The second-order valence-corrected chi connectivity index (χ2v) is 8.58. The van der Waals surface area contributed by atoms with Crippen LogP contribution in [-0.4, -0.2) is 33.6 Å². The molecule has 7 nitrogen and oxygen atoms in total. The fourth-order valence-corrected chi connectivity index (χ4v) is 3.41. The van der Waals surface area contributed by atoms with Crippen molar-refractivity contribution in [1.82, 2.24) is 9.47 Å². The molecule has 3 aromatic rings. The number of carbonyl (C=O) groups is 2. The first kappa shape index (κ1) is 23.1. The van der Waals surface area contributed by atoms with Crippen LogP contribution < -0.4 is 10.9 Å². The molecule has 0 atom stereocenters. The van der Waals surface area contributed by atoms with E-state index in [1.54, 1.807) is 24.1 Å². The fraction of sp³-hybridized carbons (Fsp3) is 0.320. The zero-order valence-electron chi connectivity index (χ0n) is 19.1. The predicted molar refractivity (Wildman–Crippen MR) is 126 cm³/mol. The van der Waals surface area contributed by atoms with Gasteiger partial charge in [0.1, 0.15) is 5.60 Å². The third-order valence-electron chi connectivity index (χ3n) is 5.06. The van der Waals surface area contributed by atoms with Crippen molar-refractivity contribution in [2.75, 3.05) is 11.9 Å². The van der Waals surface area contributed by atoms with E-state index in [-0.39, 0.29) is 18.0 Å². The summed E-state index contributed by atoms with van der Waals surface area (Å²) in [5.74, 6) is -0.383. The Balaban J connectivity index is 1.90. The van der Waals surface area contributed by atoms with Gasteiger partial charge in [-0.25, -0.2) is 4.79 Å². The number of para-hydroxylation sites is 2. The summed E-state index contributed by atoms with van der Waals surface area (Å²) in [6.45, 7) is 8.07. The van der Waals surface area contributed by atoms with Gasteiger partial charge in [-0.3, -0.25) is 9.59 Å². The van der Waals surface area contributed by atoms with Gasteiger partial charge in [0, 0.05) is 30.7 Å². The van der Waals surface area contributed by atoms with Crippen LogP contribution in [0.15, 0.2) is 59.4 Å². The molecule has 0 unspecified atom stereocenters. The molecule has 32 heavy (non-hydrogen) atoms. The molecule has 0 aliphatic heterocycles. The molecule has 1 heterocycles. The number of anilines is 1. The second kappa shape index (κ2) is 9.26. The first-order chi connectivity index (χ1) is 15.1. The zero-order chi connectivity index (χ0) is 23.5. The Morgan fingerprint density at radius 3 is 2.41 bits per heavy atom. The highest BCUT2D eigenvalue weighted by molar-refractivity contribution is 6.12. The second-order valence-electron chi connectivity index (χ2n) is 8.58. The molecule has 1 N–H and O–H groups in total. The van der Waals surface area contributed by atoms with E-state index in [0.29, 0.717) is 28.7 Å². The minimum absolute atomic E-state index is 0.260. The van der Waals surface area contributed by atoms with Crippen molar-refractivity contribution in [3.05, 3.63) is 76.1 Å². The van der Waals surface area contributed by atoms with Crippen LogP contribution >= 0.6 is 0 Å². The lowest BCUT2D eigenvalue weighted by molar-refractivity contribution is 0.0245. The van der Waals surface area contributed by atoms with Crippen LogP contribution in [0.2, 0.25) is 0 Å². The summed E-state index contributed by atoms with van der Waals surface area (Å²) in [4.78, 5) is 39.6. The van der Waals surface area contributed by atoms with Gasteiger partial charge in [-0.05, 0) is 45.4 Å². The van der Waals surface area contributed by atoms with E-state index >= 15 is 0 Å². The summed E-state index contributed by atoms with van der Waals surface area (Å²) in [7, 11) is 1.68. The number of amides is 2. The Morgan fingerprint density at radius 2 is 1.72 bits per heavy atom. The van der Waals surface area contributed by atoms with Gasteiger partial charge in [0.2, 0.25) is 0 Å². The van der Waals surface area contributed by atoms with Gasteiger partial charge in [-0.1, -0.05) is 36.4 Å². The summed E-state index contributed by atoms with van der Waals surface area (Å²) in [6.07, 6.45) is -0.418. The van der Waals surface area contributed by atoms with Crippen LogP contribution in [0.3, 0.4) is 0 Å². The van der Waals surface area contributed by atoms with Crippen molar-refractivity contribution in [2.45, 2.75) is 39.8 Å². The number of aryl methyl sites for hydroxylation is 1. The van der Waals surface area contributed by atoms with E-state index in [2.05, 4.69) is 5.32 Å². The average molecular weight is 436 g/mol. The lowest BCUT2D eigenvalue weighted by atomic mass is 10.1. The Bertz CT molecular complexity index is 1210. The molecular weight excluding hydrogens is 406 g/mol. The third-order valence-corrected chi connectivity index (χ3v) is 5.06. The highest BCUT2D eigenvalue weighted by atomic mass is 16.6. The van der Waals surface area contributed by atoms with Gasteiger partial charge in [0.05, 0.1) is 17.6 Å². The number of pyridine rings is 1. The average Bonchev–Trinajstić information content (AvgIpc) is 2.74. The number of ether oxygens (including phenoxy) is 1. The quantitative estimate of drug-likeness (QED) is 0.638. The van der Waals surface area contributed by atoms with Gasteiger partial charge in [-0.15, -0.1) is 0 Å². The molecule has 3 rings (SSSR count). The van der Waals surface area contributed by atoms with Crippen LogP contribution in [0.25, 0.3) is 10.9 Å². The molecule has 7 heteroatoms. The third kappa shape index (κ3) is 5.17. The topological polar surface area (TPSA) is 80.6 Å². The molecule has 0 spiro atoms. The van der Waals surface area contributed by atoms with E-state index in [1.807, 2.05) is 64.1 Å². The van der Waals surface area contributed by atoms with E-state index in [9.17, 15) is 14.4 Å². The SMILES string of the molecule is CCN(Cc1ccccc1NC(=O)c1cc(=O)n(C)c2ccccc12)C(=O)OC(C)(C)C. The summed E-state index contributed by atoms with van der Waals surface area (Å²) in [5.41, 5.74) is 1.47. The summed E-state index contributed by atoms with van der Waals surface area (Å²) in [6, 6.07) is 15.9. The Hall–Kier alpha value is -3.61. The molecule has 0 aliphatic carbocycles. The number of aromatic nitrogens is 1. The van der Waals surface area contributed by atoms with Crippen LogP contribution in [0.4, 0.5) is 10.5 Å². The number of hydrogen-bond acceptors (Lipinski definition) is 4. The van der Waals surface area contributed by atoms with Crippen LogP contribution in [0.1, 0.15) is 43.6 Å². The van der Waals surface area contributed by atoms with E-state index < -0.39 is 11.7 Å². The zero-order valence-corrected chi connectivity index (χ0v) is 19.1. The number of nitrogens with zero attached hydrogens (tertiary/aromatic N) is 2. The lowest BCUT2D eigenvalue weighted by Gasteiger charge is -2.27. The normalized spacial score (nSPS) is 11.3. The van der Waals surface area contributed by atoms with Gasteiger partial charge < -0.3 is 19.5 Å². The first-order valence-corrected chi connectivity index (χ1v) is 10.6. The van der Waals surface area contributed by atoms with Crippen LogP contribution in [-0.2, 0) is 18.3 Å². The van der Waals surface area contributed by atoms with Gasteiger partial charge >= 0.3 is 6.09 Å². The van der Waals surface area contributed by atoms with Crippen LogP contribution in [0.5, 0.6) is 0 Å². The molecule has 0 bridgehead atoms. The van der Waals surface area contributed by atoms with Gasteiger partial charge in [-0.2, -0.15) is 0 Å². The molecule has 2 aromatic carbocycles. The number of hydrogen-bond donors (Lipinski definition) is 1. The number of nitrogens with one attached hydrogen (secondary N) is 1. The first-order valence-electron chi connectivity index (χ1n) is 10.6. The van der Waals surface area contributed by atoms with Crippen molar-refractivity contribution >= 4 is 28.6 Å². The summed E-state index contributed by atoms with van der Waals surface area (Å²) in [5, 5.41) is 3.60. The van der Waals surface area contributed by atoms with E-state index in [4.69, 9.17) is 4.74 Å². The van der Waals surface area contributed by atoms with Gasteiger partial charge in [0.25, 0.3) is 11.5 Å². The molecule has 0 saturated carbocycles. The highest BCUT2D eigenvalue weighted by Gasteiger charge is 2.22. The molecular formula is C25H29N3O4. The molecule has 2 amide bonds. The van der Waals surface area contributed by atoms with Gasteiger partial charge in [0.15, 0.2) is 0 Å². The Labute approximate surface area is 187 Å². The van der Waals surface area contributed by atoms with Crippen molar-refractivity contribution in [2.24, 2.45) is 7.05 Å². The molecule has 168 valence electrons.